The molecule has 1 saturated carbocycles. The fraction of sp³-hybridized carbons (Fsp3) is 0.364. The van der Waals surface area contributed by atoms with Gasteiger partial charge in [0.2, 0.25) is 5.88 Å². The Bertz CT molecular complexity index is 457. The maximum atomic E-state index is 5.83. The molecule has 3 rings (SSSR count). The third-order valence-electron chi connectivity index (χ3n) is 3.00. The monoisotopic (exact) mass is 220 g/mol. The number of thiophene rings is 1. The maximum Gasteiger partial charge on any atom is 0.231 e. The summed E-state index contributed by atoms with van der Waals surface area (Å²) in [6.45, 7) is 0. The van der Waals surface area contributed by atoms with Gasteiger partial charge < -0.3 is 10.3 Å². The van der Waals surface area contributed by atoms with E-state index in [4.69, 9.17) is 10.3 Å². The fourth-order valence-electron chi connectivity index (χ4n) is 1.94. The zero-order valence-electron chi connectivity index (χ0n) is 8.27. The van der Waals surface area contributed by atoms with E-state index in [0.717, 1.165) is 16.1 Å². The van der Waals surface area contributed by atoms with E-state index in [-0.39, 0.29) is 0 Å². The van der Waals surface area contributed by atoms with Crippen LogP contribution in [0.25, 0.3) is 10.4 Å². The zero-order valence-corrected chi connectivity index (χ0v) is 9.09. The van der Waals surface area contributed by atoms with E-state index in [9.17, 15) is 0 Å². The highest BCUT2D eigenvalue weighted by Gasteiger charge is 2.28. The molecule has 2 aromatic heterocycles. The largest absolute Gasteiger partial charge is 0.367 e. The first-order chi connectivity index (χ1) is 7.36. The molecule has 0 radical (unpaired) electrons. The first-order valence-corrected chi connectivity index (χ1v) is 6.03. The molecule has 2 aromatic rings. The van der Waals surface area contributed by atoms with E-state index in [1.807, 2.05) is 11.4 Å². The molecular weight excluding hydrogens is 208 g/mol. The lowest BCUT2D eigenvalue weighted by Crippen LogP contribution is -2.10. The fourth-order valence-corrected chi connectivity index (χ4v) is 2.73. The van der Waals surface area contributed by atoms with Gasteiger partial charge in [0.15, 0.2) is 0 Å². The minimum absolute atomic E-state index is 0.458. The van der Waals surface area contributed by atoms with Crippen molar-refractivity contribution in [2.45, 2.75) is 25.2 Å². The van der Waals surface area contributed by atoms with Crippen molar-refractivity contribution in [3.8, 4) is 10.4 Å². The Kier molecular flexibility index (Phi) is 2.02. The number of nitrogen functional groups attached to an aromatic ring is 1. The molecule has 15 heavy (non-hydrogen) atoms. The number of hydrogen-bond acceptors (Lipinski definition) is 4. The molecule has 1 fully saturated rings. The van der Waals surface area contributed by atoms with Gasteiger partial charge in [-0.1, -0.05) is 17.6 Å². The van der Waals surface area contributed by atoms with Gasteiger partial charge >= 0.3 is 0 Å². The van der Waals surface area contributed by atoms with Gasteiger partial charge in [0.1, 0.15) is 0 Å². The van der Waals surface area contributed by atoms with Crippen molar-refractivity contribution in [3.05, 3.63) is 23.2 Å². The summed E-state index contributed by atoms with van der Waals surface area (Å²) in [6, 6.07) is 4.09. The lowest BCUT2D eigenvalue weighted by atomic mass is 9.81. The van der Waals surface area contributed by atoms with Gasteiger partial charge in [-0.15, -0.1) is 11.3 Å². The van der Waals surface area contributed by atoms with E-state index < -0.39 is 0 Å². The summed E-state index contributed by atoms with van der Waals surface area (Å²) in [6.07, 6.45) is 3.72. The van der Waals surface area contributed by atoms with Gasteiger partial charge in [-0.05, 0) is 24.3 Å². The first kappa shape index (κ1) is 8.97. The molecule has 78 valence electrons. The van der Waals surface area contributed by atoms with Gasteiger partial charge in [0.25, 0.3) is 0 Å². The summed E-state index contributed by atoms with van der Waals surface area (Å²) in [7, 11) is 0. The summed E-state index contributed by atoms with van der Waals surface area (Å²) in [5.41, 5.74) is 7.91. The Hall–Kier alpha value is -1.29. The SMILES string of the molecule is Nc1onc(C2CCC2)c1-c1cccs1. The van der Waals surface area contributed by atoms with Crippen LogP contribution in [0, 0.1) is 0 Å². The molecule has 0 unspecified atom stereocenters. The lowest BCUT2D eigenvalue weighted by molar-refractivity contribution is 0.369. The number of nitrogens with zero attached hydrogens (tertiary/aromatic N) is 1. The van der Waals surface area contributed by atoms with Crippen LogP contribution in [-0.4, -0.2) is 5.16 Å². The standard InChI is InChI=1S/C11H12N2OS/c12-11-9(8-5-2-6-15-8)10(13-14-11)7-3-1-4-7/h2,5-7H,1,3-4,12H2. The number of nitrogens with two attached hydrogens (primary N) is 1. The average Bonchev–Trinajstić information content (AvgIpc) is 2.72. The quantitative estimate of drug-likeness (QED) is 0.845. The molecule has 1 aliphatic carbocycles. The average molecular weight is 220 g/mol. The molecule has 0 saturated heterocycles. The van der Waals surface area contributed by atoms with E-state index >= 15 is 0 Å². The Labute approximate surface area is 91.9 Å². The zero-order chi connectivity index (χ0) is 10.3. The van der Waals surface area contributed by atoms with Crippen LogP contribution in [0.15, 0.2) is 22.0 Å². The van der Waals surface area contributed by atoms with Crippen molar-refractivity contribution in [2.24, 2.45) is 0 Å². The molecule has 4 heteroatoms. The number of rotatable bonds is 2. The van der Waals surface area contributed by atoms with Crippen molar-refractivity contribution < 1.29 is 4.52 Å². The molecule has 2 N–H and O–H groups in total. The van der Waals surface area contributed by atoms with Crippen LogP contribution in [0.3, 0.4) is 0 Å². The van der Waals surface area contributed by atoms with Gasteiger partial charge in [-0.3, -0.25) is 0 Å². The molecule has 0 atom stereocenters. The van der Waals surface area contributed by atoms with E-state index in [2.05, 4.69) is 11.2 Å². The molecule has 0 amide bonds. The molecule has 0 aliphatic heterocycles. The topological polar surface area (TPSA) is 52.0 Å². The third-order valence-corrected chi connectivity index (χ3v) is 3.89. The number of aromatic nitrogens is 1. The van der Waals surface area contributed by atoms with E-state index in [0.29, 0.717) is 11.8 Å². The Balaban J connectivity index is 2.08. The van der Waals surface area contributed by atoms with E-state index in [1.165, 1.54) is 19.3 Å². The predicted octanol–water partition coefficient (Wildman–Crippen LogP) is 3.25. The van der Waals surface area contributed by atoms with Gasteiger partial charge in [0, 0.05) is 10.8 Å². The summed E-state index contributed by atoms with van der Waals surface area (Å²) in [4.78, 5) is 1.16. The summed E-state index contributed by atoms with van der Waals surface area (Å²) < 4.78 is 5.11. The molecular formula is C11H12N2OS. The molecule has 0 spiro atoms. The van der Waals surface area contributed by atoms with Crippen LogP contribution in [0.2, 0.25) is 0 Å². The lowest BCUT2D eigenvalue weighted by Gasteiger charge is -2.23. The highest BCUT2D eigenvalue weighted by atomic mass is 32.1. The molecule has 2 heterocycles. The van der Waals surface area contributed by atoms with Crippen molar-refractivity contribution in [2.75, 3.05) is 5.73 Å². The van der Waals surface area contributed by atoms with Crippen molar-refractivity contribution in [3.63, 3.8) is 0 Å². The first-order valence-electron chi connectivity index (χ1n) is 5.15. The number of anilines is 1. The summed E-state index contributed by atoms with van der Waals surface area (Å²) >= 11 is 1.68. The Morgan fingerprint density at radius 3 is 2.93 bits per heavy atom. The normalized spacial score (nSPS) is 16.5. The van der Waals surface area contributed by atoms with Crippen LogP contribution in [0.4, 0.5) is 5.88 Å². The molecule has 1 aliphatic rings. The van der Waals surface area contributed by atoms with Crippen molar-refractivity contribution in [1.82, 2.24) is 5.16 Å². The van der Waals surface area contributed by atoms with Crippen LogP contribution in [0.1, 0.15) is 30.9 Å². The summed E-state index contributed by atoms with van der Waals surface area (Å²) in [5.74, 6) is 1.02. The van der Waals surface area contributed by atoms with Crippen LogP contribution in [-0.2, 0) is 0 Å². The molecule has 0 bridgehead atoms. The van der Waals surface area contributed by atoms with Gasteiger partial charge in [0.05, 0.1) is 11.3 Å². The van der Waals surface area contributed by atoms with Crippen molar-refractivity contribution in [1.29, 1.82) is 0 Å². The minimum Gasteiger partial charge on any atom is -0.367 e. The second kappa shape index (κ2) is 3.38. The second-order valence-corrected chi connectivity index (χ2v) is 4.86. The minimum atomic E-state index is 0.458. The van der Waals surface area contributed by atoms with Crippen molar-refractivity contribution >= 4 is 17.2 Å². The highest BCUT2D eigenvalue weighted by molar-refractivity contribution is 7.13. The number of hydrogen-bond donors (Lipinski definition) is 1. The maximum absolute atomic E-state index is 5.83. The summed E-state index contributed by atoms with van der Waals surface area (Å²) in [5, 5.41) is 6.15. The Morgan fingerprint density at radius 1 is 1.47 bits per heavy atom. The smallest absolute Gasteiger partial charge is 0.231 e. The van der Waals surface area contributed by atoms with Crippen LogP contribution < -0.4 is 5.73 Å². The molecule has 3 nitrogen and oxygen atoms in total. The predicted molar refractivity (Wildman–Crippen MR) is 60.8 cm³/mol. The Morgan fingerprint density at radius 2 is 2.33 bits per heavy atom. The highest BCUT2D eigenvalue weighted by Crippen LogP contribution is 2.43. The van der Waals surface area contributed by atoms with E-state index in [1.54, 1.807) is 11.3 Å². The van der Waals surface area contributed by atoms with Crippen LogP contribution >= 0.6 is 11.3 Å². The van der Waals surface area contributed by atoms with Crippen LogP contribution in [0.5, 0.6) is 0 Å². The van der Waals surface area contributed by atoms with Gasteiger partial charge in [-0.2, -0.15) is 0 Å². The second-order valence-electron chi connectivity index (χ2n) is 3.91. The van der Waals surface area contributed by atoms with Gasteiger partial charge in [-0.25, -0.2) is 0 Å². The molecule has 0 aromatic carbocycles. The third kappa shape index (κ3) is 1.36.